The molecule has 0 spiro atoms. The molecule has 2 aromatic heterocycles. The summed E-state index contributed by atoms with van der Waals surface area (Å²) in [5.41, 5.74) is 1.35. The third-order valence-electron chi connectivity index (χ3n) is 3.34. The minimum atomic E-state index is -0.203. The lowest BCUT2D eigenvalue weighted by atomic mass is 10.1. The number of hydrogen-bond acceptors (Lipinski definition) is 5. The first-order chi connectivity index (χ1) is 10.7. The van der Waals surface area contributed by atoms with E-state index in [2.05, 4.69) is 20.5 Å². The zero-order chi connectivity index (χ0) is 15.4. The zero-order valence-corrected chi connectivity index (χ0v) is 12.9. The van der Waals surface area contributed by atoms with E-state index in [0.29, 0.717) is 18.1 Å². The second-order valence-electron chi connectivity index (χ2n) is 4.98. The minimum absolute atomic E-state index is 0.0364. The van der Waals surface area contributed by atoms with Gasteiger partial charge in [0.05, 0.1) is 6.04 Å². The maximum Gasteiger partial charge on any atom is 0.274 e. The molecule has 1 aromatic carbocycles. The van der Waals surface area contributed by atoms with Crippen LogP contribution < -0.4 is 10.9 Å². The van der Waals surface area contributed by atoms with Crippen LogP contribution in [0, 0.1) is 0 Å². The average Bonchev–Trinajstić information content (AvgIpc) is 3.04. The molecule has 0 bridgehead atoms. The van der Waals surface area contributed by atoms with E-state index in [0.717, 1.165) is 10.4 Å². The molecular formula is C16H16N4OS. The Kier molecular flexibility index (Phi) is 4.29. The fourth-order valence-corrected chi connectivity index (χ4v) is 2.86. The molecule has 0 fully saturated rings. The molecule has 1 atom stereocenters. The maximum absolute atomic E-state index is 12.1. The largest absolute Gasteiger partial charge is 0.348 e. The molecule has 0 aliphatic heterocycles. The number of anilines is 1. The first-order valence-corrected chi connectivity index (χ1v) is 7.90. The third kappa shape index (κ3) is 3.40. The fraction of sp³-hybridized carbons (Fsp3) is 0.188. The molecule has 0 amide bonds. The summed E-state index contributed by atoms with van der Waals surface area (Å²) in [4.78, 5) is 15.9. The van der Waals surface area contributed by atoms with Crippen molar-refractivity contribution < 1.29 is 0 Å². The molecule has 22 heavy (non-hydrogen) atoms. The van der Waals surface area contributed by atoms with Crippen LogP contribution >= 0.6 is 11.3 Å². The zero-order valence-electron chi connectivity index (χ0n) is 12.1. The topological polar surface area (TPSA) is 70.7 Å². The molecule has 6 heteroatoms. The maximum atomic E-state index is 12.1. The first kappa shape index (κ1) is 14.5. The molecule has 2 N–H and O–H groups in total. The van der Waals surface area contributed by atoms with Crippen LogP contribution in [0.2, 0.25) is 0 Å². The summed E-state index contributed by atoms with van der Waals surface area (Å²) in [5.74, 6) is 0.385. The highest BCUT2D eigenvalue weighted by atomic mass is 32.1. The molecule has 0 radical (unpaired) electrons. The summed E-state index contributed by atoms with van der Waals surface area (Å²) in [6.07, 6.45) is 0.508. The Hall–Kier alpha value is -2.47. The average molecular weight is 312 g/mol. The number of benzene rings is 1. The van der Waals surface area contributed by atoms with E-state index in [-0.39, 0.29) is 11.6 Å². The molecule has 3 rings (SSSR count). The number of H-pyrrole nitrogens is 1. The van der Waals surface area contributed by atoms with Crippen molar-refractivity contribution in [2.24, 2.45) is 0 Å². The van der Waals surface area contributed by atoms with Crippen molar-refractivity contribution in [3.05, 3.63) is 74.3 Å². The molecule has 3 aromatic rings. The van der Waals surface area contributed by atoms with Crippen molar-refractivity contribution in [1.29, 1.82) is 0 Å². The molecule has 0 aliphatic rings. The second-order valence-corrected chi connectivity index (χ2v) is 6.01. The number of nitrogens with zero attached hydrogens (tertiary/aromatic N) is 2. The molecule has 0 aliphatic carbocycles. The summed E-state index contributed by atoms with van der Waals surface area (Å²) in [5, 5.41) is 13.3. The summed E-state index contributed by atoms with van der Waals surface area (Å²) in [6, 6.07) is 13.9. The molecule has 0 saturated carbocycles. The van der Waals surface area contributed by atoms with Crippen LogP contribution in [0.1, 0.15) is 29.1 Å². The van der Waals surface area contributed by atoms with Gasteiger partial charge in [-0.15, -0.1) is 21.5 Å². The second kappa shape index (κ2) is 6.53. The van der Waals surface area contributed by atoms with Gasteiger partial charge in [0.2, 0.25) is 5.95 Å². The van der Waals surface area contributed by atoms with Gasteiger partial charge in [0.15, 0.2) is 0 Å². The fourth-order valence-electron chi connectivity index (χ4n) is 2.15. The predicted molar refractivity (Wildman–Crippen MR) is 88.3 cm³/mol. The molecule has 5 nitrogen and oxygen atoms in total. The summed E-state index contributed by atoms with van der Waals surface area (Å²) in [6.45, 7) is 2.01. The Balaban J connectivity index is 1.73. The van der Waals surface area contributed by atoms with Gasteiger partial charge in [0, 0.05) is 11.3 Å². The summed E-state index contributed by atoms with van der Waals surface area (Å²) < 4.78 is 0. The minimum Gasteiger partial charge on any atom is -0.348 e. The molecular weight excluding hydrogens is 296 g/mol. The molecule has 1 unspecified atom stereocenters. The summed E-state index contributed by atoms with van der Waals surface area (Å²) >= 11 is 1.60. The van der Waals surface area contributed by atoms with Crippen LogP contribution in [-0.2, 0) is 6.42 Å². The van der Waals surface area contributed by atoms with Gasteiger partial charge in [-0.25, -0.2) is 0 Å². The van der Waals surface area contributed by atoms with Crippen molar-refractivity contribution >= 4 is 17.3 Å². The molecule has 0 saturated heterocycles. The Morgan fingerprint density at radius 3 is 2.68 bits per heavy atom. The number of rotatable bonds is 5. The number of nitrogens with one attached hydrogen (secondary N) is 2. The van der Waals surface area contributed by atoms with Gasteiger partial charge < -0.3 is 5.32 Å². The van der Waals surface area contributed by atoms with Gasteiger partial charge in [0.1, 0.15) is 5.69 Å². The Bertz CT molecular complexity index is 783. The lowest BCUT2D eigenvalue weighted by molar-refractivity contribution is 0.812. The van der Waals surface area contributed by atoms with Crippen molar-refractivity contribution in [3.63, 3.8) is 0 Å². The van der Waals surface area contributed by atoms with Gasteiger partial charge in [-0.1, -0.05) is 36.4 Å². The van der Waals surface area contributed by atoms with Crippen LogP contribution in [0.4, 0.5) is 5.95 Å². The number of aromatic nitrogens is 3. The van der Waals surface area contributed by atoms with Gasteiger partial charge in [-0.05, 0) is 23.9 Å². The highest BCUT2D eigenvalue weighted by Crippen LogP contribution is 2.15. The lowest BCUT2D eigenvalue weighted by Crippen LogP contribution is -2.20. The highest BCUT2D eigenvalue weighted by molar-refractivity contribution is 7.09. The predicted octanol–water partition coefficient (Wildman–Crippen LogP) is 2.99. The molecule has 2 heterocycles. The number of thiophene rings is 1. The first-order valence-electron chi connectivity index (χ1n) is 7.02. The quantitative estimate of drug-likeness (QED) is 0.760. The van der Waals surface area contributed by atoms with Gasteiger partial charge in [-0.2, -0.15) is 0 Å². The normalized spacial score (nSPS) is 12.0. The van der Waals surface area contributed by atoms with E-state index < -0.39 is 0 Å². The monoisotopic (exact) mass is 312 g/mol. The van der Waals surface area contributed by atoms with Gasteiger partial charge >= 0.3 is 0 Å². The van der Waals surface area contributed by atoms with Crippen LogP contribution in [0.3, 0.4) is 0 Å². The van der Waals surface area contributed by atoms with Crippen molar-refractivity contribution in [2.75, 3.05) is 5.32 Å². The Morgan fingerprint density at radius 2 is 2.00 bits per heavy atom. The van der Waals surface area contributed by atoms with Crippen molar-refractivity contribution in [3.8, 4) is 0 Å². The van der Waals surface area contributed by atoms with Crippen LogP contribution in [0.5, 0.6) is 0 Å². The number of hydrogen-bond donors (Lipinski definition) is 2. The van der Waals surface area contributed by atoms with E-state index in [9.17, 15) is 4.79 Å². The van der Waals surface area contributed by atoms with Crippen LogP contribution in [0.25, 0.3) is 0 Å². The van der Waals surface area contributed by atoms with Crippen molar-refractivity contribution in [2.45, 2.75) is 19.4 Å². The number of aromatic amines is 1. The van der Waals surface area contributed by atoms with Gasteiger partial charge in [0.25, 0.3) is 5.56 Å². The van der Waals surface area contributed by atoms with E-state index in [1.165, 1.54) is 0 Å². The van der Waals surface area contributed by atoms with E-state index in [1.54, 1.807) is 11.3 Å². The SMILES string of the molecule is CC(Nc1nnc(Cc2cccs2)c(=O)[nH]1)c1ccccc1. The standard InChI is InChI=1S/C16H16N4OS/c1-11(12-6-3-2-4-7-12)17-16-18-15(21)14(19-20-16)10-13-8-5-9-22-13/h2-9,11H,10H2,1H3,(H2,17,18,20,21). The summed E-state index contributed by atoms with van der Waals surface area (Å²) in [7, 11) is 0. The Morgan fingerprint density at radius 1 is 1.18 bits per heavy atom. The van der Waals surface area contributed by atoms with Crippen LogP contribution in [-0.4, -0.2) is 15.2 Å². The van der Waals surface area contributed by atoms with Gasteiger partial charge in [-0.3, -0.25) is 9.78 Å². The van der Waals surface area contributed by atoms with Crippen molar-refractivity contribution in [1.82, 2.24) is 15.2 Å². The smallest absolute Gasteiger partial charge is 0.274 e. The third-order valence-corrected chi connectivity index (χ3v) is 4.22. The Labute approximate surface area is 132 Å². The van der Waals surface area contributed by atoms with E-state index >= 15 is 0 Å². The molecule has 112 valence electrons. The van der Waals surface area contributed by atoms with E-state index in [4.69, 9.17) is 0 Å². The highest BCUT2D eigenvalue weighted by Gasteiger charge is 2.09. The van der Waals surface area contributed by atoms with E-state index in [1.807, 2.05) is 54.8 Å². The lowest BCUT2D eigenvalue weighted by Gasteiger charge is -2.14. The van der Waals surface area contributed by atoms with Crippen LogP contribution in [0.15, 0.2) is 52.6 Å².